The average molecular weight is 277 g/mol. The third-order valence-corrected chi connectivity index (χ3v) is 3.55. The maximum absolute atomic E-state index is 12.1. The molecule has 1 aliphatic heterocycles. The van der Waals surface area contributed by atoms with Crippen molar-refractivity contribution in [3.05, 3.63) is 24.0 Å². The maximum Gasteiger partial charge on any atom is 0.269 e. The molecular formula is C14H19N3O3. The van der Waals surface area contributed by atoms with Gasteiger partial charge in [0.2, 0.25) is 0 Å². The number of rotatable bonds is 3. The third kappa shape index (κ3) is 3.14. The molecule has 1 aromatic heterocycles. The number of hydrogen-bond donors (Lipinski definition) is 2. The van der Waals surface area contributed by atoms with Gasteiger partial charge in [0.25, 0.3) is 11.8 Å². The number of aromatic nitrogens is 1. The lowest BCUT2D eigenvalue weighted by Gasteiger charge is -2.12. The summed E-state index contributed by atoms with van der Waals surface area (Å²) in [5, 5.41) is 5.25. The summed E-state index contributed by atoms with van der Waals surface area (Å²) in [6.45, 7) is 4.03. The summed E-state index contributed by atoms with van der Waals surface area (Å²) in [5.41, 5.74) is 0.804. The highest BCUT2D eigenvalue weighted by atomic mass is 16.5. The zero-order valence-electron chi connectivity index (χ0n) is 11.8. The normalized spacial score (nSPS) is 25.2. The van der Waals surface area contributed by atoms with Crippen molar-refractivity contribution >= 4 is 17.5 Å². The van der Waals surface area contributed by atoms with E-state index in [1.54, 1.807) is 12.1 Å². The van der Waals surface area contributed by atoms with Crippen molar-refractivity contribution in [2.75, 3.05) is 12.4 Å². The molecule has 2 N–H and O–H groups in total. The first-order chi connectivity index (χ1) is 9.51. The second kappa shape index (κ2) is 6.00. The molecule has 0 spiro atoms. The Labute approximate surface area is 117 Å². The first-order valence-corrected chi connectivity index (χ1v) is 6.65. The summed E-state index contributed by atoms with van der Waals surface area (Å²) >= 11 is 0. The SMILES string of the molecule is CNC(=O)c1cc(NC(=O)[C@H]2CC(C)C(C)O2)ccn1. The second-order valence-electron chi connectivity index (χ2n) is 5.04. The van der Waals surface area contributed by atoms with Gasteiger partial charge in [-0.1, -0.05) is 6.92 Å². The van der Waals surface area contributed by atoms with E-state index in [0.29, 0.717) is 18.0 Å². The highest BCUT2D eigenvalue weighted by Crippen LogP contribution is 2.26. The van der Waals surface area contributed by atoms with E-state index >= 15 is 0 Å². The van der Waals surface area contributed by atoms with Gasteiger partial charge >= 0.3 is 0 Å². The number of nitrogens with zero attached hydrogens (tertiary/aromatic N) is 1. The van der Waals surface area contributed by atoms with Crippen LogP contribution in [0.25, 0.3) is 0 Å². The van der Waals surface area contributed by atoms with Crippen LogP contribution in [-0.2, 0) is 9.53 Å². The summed E-state index contributed by atoms with van der Waals surface area (Å²) in [5.74, 6) is -0.111. The molecule has 1 aromatic rings. The van der Waals surface area contributed by atoms with Gasteiger partial charge in [-0.15, -0.1) is 0 Å². The Morgan fingerprint density at radius 2 is 2.15 bits per heavy atom. The van der Waals surface area contributed by atoms with Gasteiger partial charge in [0.1, 0.15) is 11.8 Å². The number of carbonyl (C=O) groups is 2. The first kappa shape index (κ1) is 14.5. The minimum atomic E-state index is -0.434. The minimum absolute atomic E-state index is 0.0876. The van der Waals surface area contributed by atoms with Gasteiger partial charge in [0.05, 0.1) is 6.10 Å². The first-order valence-electron chi connectivity index (χ1n) is 6.65. The van der Waals surface area contributed by atoms with E-state index in [0.717, 1.165) is 0 Å². The van der Waals surface area contributed by atoms with Crippen LogP contribution in [0, 0.1) is 5.92 Å². The van der Waals surface area contributed by atoms with Crippen LogP contribution < -0.4 is 10.6 Å². The molecule has 2 heterocycles. The molecule has 6 nitrogen and oxygen atoms in total. The van der Waals surface area contributed by atoms with Crippen LogP contribution in [0.3, 0.4) is 0 Å². The Morgan fingerprint density at radius 1 is 1.40 bits per heavy atom. The van der Waals surface area contributed by atoms with Gasteiger partial charge < -0.3 is 15.4 Å². The van der Waals surface area contributed by atoms with Crippen LogP contribution in [0.15, 0.2) is 18.3 Å². The van der Waals surface area contributed by atoms with Gasteiger partial charge in [0.15, 0.2) is 0 Å². The molecular weight excluding hydrogens is 258 g/mol. The monoisotopic (exact) mass is 277 g/mol. The molecule has 2 amide bonds. The summed E-state index contributed by atoms with van der Waals surface area (Å²) in [6.07, 6.45) is 1.85. The predicted octanol–water partition coefficient (Wildman–Crippen LogP) is 1.19. The van der Waals surface area contributed by atoms with Crippen LogP contribution in [0.2, 0.25) is 0 Å². The fraction of sp³-hybridized carbons (Fsp3) is 0.500. The van der Waals surface area contributed by atoms with Crippen molar-refractivity contribution in [3.63, 3.8) is 0 Å². The predicted molar refractivity (Wildman–Crippen MR) is 74.4 cm³/mol. The Balaban J connectivity index is 2.03. The van der Waals surface area contributed by atoms with Crippen molar-refractivity contribution < 1.29 is 14.3 Å². The molecule has 0 bridgehead atoms. The van der Waals surface area contributed by atoms with E-state index < -0.39 is 6.10 Å². The zero-order chi connectivity index (χ0) is 14.7. The molecule has 0 saturated carbocycles. The standard InChI is InChI=1S/C14H19N3O3/c1-8-6-12(20-9(8)2)14(19)17-10-4-5-16-11(7-10)13(18)15-3/h4-5,7-9,12H,6H2,1-3H3,(H,15,18)(H,16,17,19)/t8?,9?,12-/m1/s1. The number of hydrogen-bond acceptors (Lipinski definition) is 4. The number of carbonyl (C=O) groups excluding carboxylic acids is 2. The number of anilines is 1. The van der Waals surface area contributed by atoms with E-state index in [4.69, 9.17) is 4.74 Å². The van der Waals surface area contributed by atoms with Crippen LogP contribution in [0.1, 0.15) is 30.8 Å². The Kier molecular flexibility index (Phi) is 4.34. The number of amides is 2. The summed E-state index contributed by atoms with van der Waals surface area (Å²) in [6, 6.07) is 3.19. The molecule has 3 atom stereocenters. The zero-order valence-corrected chi connectivity index (χ0v) is 11.8. The van der Waals surface area contributed by atoms with E-state index in [9.17, 15) is 9.59 Å². The van der Waals surface area contributed by atoms with Gasteiger partial charge in [-0.25, -0.2) is 0 Å². The molecule has 1 aliphatic rings. The van der Waals surface area contributed by atoms with Crippen molar-refractivity contribution in [2.24, 2.45) is 5.92 Å². The summed E-state index contributed by atoms with van der Waals surface area (Å²) < 4.78 is 5.60. The van der Waals surface area contributed by atoms with Crippen molar-refractivity contribution in [1.82, 2.24) is 10.3 Å². The highest BCUT2D eigenvalue weighted by molar-refractivity contribution is 5.97. The number of ether oxygens (including phenoxy) is 1. The lowest BCUT2D eigenvalue weighted by molar-refractivity contribution is -0.126. The minimum Gasteiger partial charge on any atom is -0.365 e. The average Bonchev–Trinajstić information content (AvgIpc) is 2.78. The fourth-order valence-electron chi connectivity index (χ4n) is 2.13. The third-order valence-electron chi connectivity index (χ3n) is 3.55. The van der Waals surface area contributed by atoms with E-state index in [-0.39, 0.29) is 23.6 Å². The van der Waals surface area contributed by atoms with Crippen LogP contribution >= 0.6 is 0 Å². The smallest absolute Gasteiger partial charge is 0.269 e. The van der Waals surface area contributed by atoms with Crippen LogP contribution in [-0.4, -0.2) is 36.1 Å². The van der Waals surface area contributed by atoms with E-state index in [2.05, 4.69) is 22.5 Å². The molecule has 2 unspecified atom stereocenters. The molecule has 108 valence electrons. The van der Waals surface area contributed by atoms with E-state index in [1.807, 2.05) is 6.92 Å². The van der Waals surface area contributed by atoms with Gasteiger partial charge in [-0.3, -0.25) is 14.6 Å². The lowest BCUT2D eigenvalue weighted by atomic mass is 10.0. The molecule has 2 rings (SSSR count). The molecule has 1 saturated heterocycles. The quantitative estimate of drug-likeness (QED) is 0.869. The largest absolute Gasteiger partial charge is 0.365 e. The Hall–Kier alpha value is -1.95. The maximum atomic E-state index is 12.1. The van der Waals surface area contributed by atoms with Crippen LogP contribution in [0.4, 0.5) is 5.69 Å². The topological polar surface area (TPSA) is 80.3 Å². The molecule has 0 aromatic carbocycles. The number of nitrogens with one attached hydrogen (secondary N) is 2. The molecule has 6 heteroatoms. The molecule has 20 heavy (non-hydrogen) atoms. The fourth-order valence-corrected chi connectivity index (χ4v) is 2.13. The Morgan fingerprint density at radius 3 is 2.75 bits per heavy atom. The second-order valence-corrected chi connectivity index (χ2v) is 5.04. The van der Waals surface area contributed by atoms with Gasteiger partial charge in [-0.2, -0.15) is 0 Å². The Bertz CT molecular complexity index is 508. The summed E-state index contributed by atoms with van der Waals surface area (Å²) in [4.78, 5) is 27.5. The van der Waals surface area contributed by atoms with Crippen molar-refractivity contribution in [3.8, 4) is 0 Å². The molecule has 0 radical (unpaired) electrons. The number of pyridine rings is 1. The molecule has 1 fully saturated rings. The van der Waals surface area contributed by atoms with Crippen LogP contribution in [0.5, 0.6) is 0 Å². The van der Waals surface area contributed by atoms with Crippen molar-refractivity contribution in [1.29, 1.82) is 0 Å². The van der Waals surface area contributed by atoms with Gasteiger partial charge in [-0.05, 0) is 31.4 Å². The van der Waals surface area contributed by atoms with Gasteiger partial charge in [0, 0.05) is 18.9 Å². The van der Waals surface area contributed by atoms with Crippen molar-refractivity contribution in [2.45, 2.75) is 32.5 Å². The summed E-state index contributed by atoms with van der Waals surface area (Å²) in [7, 11) is 1.53. The molecule has 0 aliphatic carbocycles. The van der Waals surface area contributed by atoms with E-state index in [1.165, 1.54) is 13.2 Å². The highest BCUT2D eigenvalue weighted by Gasteiger charge is 2.33. The lowest BCUT2D eigenvalue weighted by Crippen LogP contribution is -2.28.